The summed E-state index contributed by atoms with van der Waals surface area (Å²) in [5.41, 5.74) is -3.69. The molecular weight excluding hydrogens is 375 g/mol. The number of hydrogen-bond donors (Lipinski definition) is 1. The molecule has 0 aromatic rings. The van der Waals surface area contributed by atoms with E-state index < -0.39 is 23.4 Å². The number of ether oxygens (including phenoxy) is 4. The van der Waals surface area contributed by atoms with E-state index in [0.717, 1.165) is 11.3 Å². The summed E-state index contributed by atoms with van der Waals surface area (Å²) in [7, 11) is 0. The van der Waals surface area contributed by atoms with E-state index in [-0.39, 0.29) is 24.7 Å². The Bertz CT molecular complexity index is 573. The van der Waals surface area contributed by atoms with Crippen molar-refractivity contribution < 1.29 is 36.9 Å². The zero-order chi connectivity index (χ0) is 18.6. The molecule has 1 aliphatic carbocycles. The van der Waals surface area contributed by atoms with Crippen LogP contribution in [0, 0.1) is 0 Å². The van der Waals surface area contributed by atoms with Crippen LogP contribution in [0.3, 0.4) is 0 Å². The Morgan fingerprint density at radius 2 is 1.96 bits per heavy atom. The van der Waals surface area contributed by atoms with Gasteiger partial charge in [0.2, 0.25) is 5.91 Å². The Hall–Kier alpha value is -1.23. The molecule has 2 heterocycles. The molecule has 0 radical (unpaired) electrons. The van der Waals surface area contributed by atoms with Crippen LogP contribution in [0.5, 0.6) is 0 Å². The monoisotopic (exact) mass is 395 g/mol. The summed E-state index contributed by atoms with van der Waals surface area (Å²) in [5.74, 6) is 0.0506. The molecule has 0 saturated carbocycles. The Kier molecular flexibility index (Phi) is 6.49. The highest BCUT2D eigenvalue weighted by Gasteiger charge is 2.30. The largest absolute Gasteiger partial charge is 0.495 e. The van der Waals surface area contributed by atoms with E-state index in [4.69, 9.17) is 18.9 Å². The van der Waals surface area contributed by atoms with Crippen molar-refractivity contribution in [1.82, 2.24) is 4.72 Å². The van der Waals surface area contributed by atoms with Gasteiger partial charge in [-0.3, -0.25) is 9.52 Å². The number of carbonyl (C=O) groups excluding carboxylic acids is 1. The van der Waals surface area contributed by atoms with Gasteiger partial charge in [-0.25, -0.2) is 0 Å². The third-order valence-electron chi connectivity index (χ3n) is 3.83. The van der Waals surface area contributed by atoms with E-state index >= 15 is 0 Å². The zero-order valence-electron chi connectivity index (χ0n) is 13.9. The highest BCUT2D eigenvalue weighted by atomic mass is 32.2. The molecular formula is C16H20F3NO5S. The number of allylic oxidation sites excluding steroid dienone is 2. The van der Waals surface area contributed by atoms with Gasteiger partial charge in [-0.1, -0.05) is 6.08 Å². The second-order valence-corrected chi connectivity index (χ2v) is 7.09. The van der Waals surface area contributed by atoms with Crippen LogP contribution in [-0.2, 0) is 23.7 Å². The van der Waals surface area contributed by atoms with E-state index in [0.29, 0.717) is 39.3 Å². The fraction of sp³-hybridized carbons (Fsp3) is 0.688. The molecule has 26 heavy (non-hydrogen) atoms. The number of halogens is 3. The molecule has 3 atom stereocenters. The molecule has 2 saturated heterocycles. The van der Waals surface area contributed by atoms with Crippen molar-refractivity contribution >= 4 is 17.9 Å². The van der Waals surface area contributed by atoms with Crippen molar-refractivity contribution in [1.29, 1.82) is 0 Å². The van der Waals surface area contributed by atoms with Gasteiger partial charge in [-0.15, -0.1) is 0 Å². The lowest BCUT2D eigenvalue weighted by Crippen LogP contribution is -2.22. The molecule has 146 valence electrons. The average Bonchev–Trinajstić information content (AvgIpc) is 3.47. The van der Waals surface area contributed by atoms with Crippen LogP contribution < -0.4 is 4.72 Å². The number of nitrogens with one attached hydrogen (secondary N) is 1. The predicted octanol–water partition coefficient (Wildman–Crippen LogP) is 2.46. The molecule has 1 amide bonds. The Morgan fingerprint density at radius 1 is 1.27 bits per heavy atom. The summed E-state index contributed by atoms with van der Waals surface area (Å²) in [6, 6.07) is 0. The molecule has 6 nitrogen and oxygen atoms in total. The van der Waals surface area contributed by atoms with E-state index in [1.807, 2.05) is 12.2 Å². The zero-order valence-corrected chi connectivity index (χ0v) is 14.7. The van der Waals surface area contributed by atoms with Crippen molar-refractivity contribution in [2.75, 3.05) is 26.4 Å². The Morgan fingerprint density at radius 3 is 2.62 bits per heavy atom. The highest BCUT2D eigenvalue weighted by molar-refractivity contribution is 7.98. The maximum Gasteiger partial charge on any atom is 0.461 e. The SMILES string of the molecule is O=C(CCC1=CC(OCC2CO2)CC(OCC2CO2)=C1)NSC(F)(F)F. The summed E-state index contributed by atoms with van der Waals surface area (Å²) >= 11 is -0.546. The first kappa shape index (κ1) is 19.5. The lowest BCUT2D eigenvalue weighted by Gasteiger charge is -2.22. The van der Waals surface area contributed by atoms with E-state index in [1.165, 1.54) is 0 Å². The van der Waals surface area contributed by atoms with Gasteiger partial charge in [0.05, 0.1) is 43.6 Å². The summed E-state index contributed by atoms with van der Waals surface area (Å²) in [6.45, 7) is 2.32. The number of alkyl halides is 3. The number of carbonyl (C=O) groups is 1. The first-order valence-corrected chi connectivity index (χ1v) is 9.11. The molecule has 2 aliphatic heterocycles. The second kappa shape index (κ2) is 8.64. The molecule has 3 aliphatic rings. The molecule has 1 N–H and O–H groups in total. The van der Waals surface area contributed by atoms with Crippen LogP contribution in [0.4, 0.5) is 13.2 Å². The Labute approximate surface area is 153 Å². The van der Waals surface area contributed by atoms with Crippen molar-refractivity contribution in [3.8, 4) is 0 Å². The first-order valence-electron chi connectivity index (χ1n) is 8.30. The number of epoxide rings is 2. The molecule has 2 fully saturated rings. The number of rotatable bonds is 10. The molecule has 0 aromatic heterocycles. The standard InChI is InChI=1S/C16H20F3NO5S/c17-16(18,19)26-20-15(21)2-1-10-3-11(22-6-13-8-24-13)5-12(4-10)23-7-14-9-25-14/h3-4,11,13-14H,1-2,5-9H2,(H,20,21). The smallest absolute Gasteiger partial charge is 0.461 e. The van der Waals surface area contributed by atoms with E-state index in [1.54, 1.807) is 4.72 Å². The molecule has 0 aromatic carbocycles. The average molecular weight is 395 g/mol. The van der Waals surface area contributed by atoms with Gasteiger partial charge in [0.1, 0.15) is 18.8 Å². The van der Waals surface area contributed by atoms with Crippen LogP contribution in [0.25, 0.3) is 0 Å². The maximum absolute atomic E-state index is 12.1. The van der Waals surface area contributed by atoms with Gasteiger partial charge in [0.25, 0.3) is 0 Å². The van der Waals surface area contributed by atoms with Crippen LogP contribution in [0.2, 0.25) is 0 Å². The third-order valence-corrected chi connectivity index (χ3v) is 4.39. The van der Waals surface area contributed by atoms with Crippen LogP contribution in [-0.4, -0.2) is 56.2 Å². The minimum Gasteiger partial charge on any atom is -0.495 e. The van der Waals surface area contributed by atoms with Gasteiger partial charge in [0.15, 0.2) is 0 Å². The maximum atomic E-state index is 12.1. The minimum atomic E-state index is -4.49. The topological polar surface area (TPSA) is 72.6 Å². The second-order valence-electron chi connectivity index (χ2n) is 6.22. The fourth-order valence-electron chi connectivity index (χ4n) is 2.36. The minimum absolute atomic E-state index is 0.0527. The van der Waals surface area contributed by atoms with E-state index in [9.17, 15) is 18.0 Å². The summed E-state index contributed by atoms with van der Waals surface area (Å²) < 4.78 is 59.8. The molecule has 3 unspecified atom stereocenters. The highest BCUT2D eigenvalue weighted by Crippen LogP contribution is 2.28. The van der Waals surface area contributed by atoms with Crippen molar-refractivity contribution in [2.45, 2.75) is 43.1 Å². The Balaban J connectivity index is 1.49. The molecule has 10 heteroatoms. The summed E-state index contributed by atoms with van der Waals surface area (Å²) in [6.07, 6.45) is 4.56. The lowest BCUT2D eigenvalue weighted by molar-refractivity contribution is -0.119. The van der Waals surface area contributed by atoms with E-state index in [2.05, 4.69) is 0 Å². The number of hydrogen-bond acceptors (Lipinski definition) is 6. The van der Waals surface area contributed by atoms with Gasteiger partial charge in [0, 0.05) is 12.8 Å². The molecule has 3 rings (SSSR count). The first-order chi connectivity index (χ1) is 12.4. The van der Waals surface area contributed by atoms with Crippen LogP contribution in [0.15, 0.2) is 23.5 Å². The van der Waals surface area contributed by atoms with Gasteiger partial charge in [-0.05, 0) is 18.1 Å². The van der Waals surface area contributed by atoms with Crippen molar-refractivity contribution in [2.24, 2.45) is 0 Å². The third kappa shape index (κ3) is 7.56. The van der Waals surface area contributed by atoms with Crippen molar-refractivity contribution in [3.05, 3.63) is 23.5 Å². The summed E-state index contributed by atoms with van der Waals surface area (Å²) in [4.78, 5) is 11.6. The van der Waals surface area contributed by atoms with Gasteiger partial charge >= 0.3 is 5.51 Å². The van der Waals surface area contributed by atoms with Crippen LogP contribution in [0.1, 0.15) is 19.3 Å². The van der Waals surface area contributed by atoms with Crippen LogP contribution >= 0.6 is 11.9 Å². The normalized spacial score (nSPS) is 27.4. The summed E-state index contributed by atoms with van der Waals surface area (Å²) in [5, 5.41) is 0. The number of amides is 1. The van der Waals surface area contributed by atoms with Gasteiger partial charge < -0.3 is 18.9 Å². The fourth-order valence-corrected chi connectivity index (χ4v) is 2.69. The lowest BCUT2D eigenvalue weighted by atomic mass is 9.99. The predicted molar refractivity (Wildman–Crippen MR) is 87.0 cm³/mol. The molecule has 0 spiro atoms. The van der Waals surface area contributed by atoms with Gasteiger partial charge in [-0.2, -0.15) is 13.2 Å². The quantitative estimate of drug-likeness (QED) is 0.453. The van der Waals surface area contributed by atoms with Crippen molar-refractivity contribution in [3.63, 3.8) is 0 Å². The molecule has 0 bridgehead atoms.